The fraction of sp³-hybridized carbons (Fsp3) is 0.375. The van der Waals surface area contributed by atoms with Crippen molar-refractivity contribution in [2.45, 2.75) is 26.3 Å². The molecule has 20 heavy (non-hydrogen) atoms. The zero-order valence-corrected chi connectivity index (χ0v) is 11.7. The molecule has 1 saturated heterocycles. The fourth-order valence-electron chi connectivity index (χ4n) is 3.07. The van der Waals surface area contributed by atoms with E-state index < -0.39 is 5.97 Å². The van der Waals surface area contributed by atoms with E-state index >= 15 is 0 Å². The summed E-state index contributed by atoms with van der Waals surface area (Å²) in [5.41, 5.74) is 2.06. The number of hydrogen-bond donors (Lipinski definition) is 1. The first-order valence-electron chi connectivity index (χ1n) is 6.94. The van der Waals surface area contributed by atoms with Crippen LogP contribution in [0.5, 0.6) is 0 Å². The molecule has 2 aromatic rings. The molecule has 2 heterocycles. The quantitative estimate of drug-likeness (QED) is 0.911. The van der Waals surface area contributed by atoms with Gasteiger partial charge in [0, 0.05) is 18.0 Å². The van der Waals surface area contributed by atoms with Crippen LogP contribution in [0.4, 0.5) is 5.82 Å². The van der Waals surface area contributed by atoms with Gasteiger partial charge < -0.3 is 10.0 Å². The third kappa shape index (κ3) is 2.01. The Morgan fingerprint density at radius 2 is 2.15 bits per heavy atom. The molecule has 2 unspecified atom stereocenters. The Hall–Kier alpha value is -2.10. The van der Waals surface area contributed by atoms with E-state index in [1.807, 2.05) is 38.1 Å². The Morgan fingerprint density at radius 3 is 2.85 bits per heavy atom. The number of carboxylic acid groups (broad SMARTS) is 1. The third-order valence-electron chi connectivity index (χ3n) is 4.23. The summed E-state index contributed by atoms with van der Waals surface area (Å²) in [7, 11) is 0. The second-order valence-electron chi connectivity index (χ2n) is 5.49. The summed E-state index contributed by atoms with van der Waals surface area (Å²) < 4.78 is 0. The fourth-order valence-corrected chi connectivity index (χ4v) is 3.07. The van der Waals surface area contributed by atoms with Crippen molar-refractivity contribution in [1.29, 1.82) is 0 Å². The number of pyridine rings is 1. The number of para-hydroxylation sites is 1. The molecule has 1 N–H and O–H groups in total. The summed E-state index contributed by atoms with van der Waals surface area (Å²) in [6, 6.07) is 10.1. The first-order chi connectivity index (χ1) is 9.58. The van der Waals surface area contributed by atoms with E-state index in [1.165, 1.54) is 0 Å². The number of carboxylic acids is 1. The Morgan fingerprint density at radius 1 is 1.40 bits per heavy atom. The lowest BCUT2D eigenvalue weighted by molar-refractivity contribution is -0.141. The Kier molecular flexibility index (Phi) is 3.08. The summed E-state index contributed by atoms with van der Waals surface area (Å²) in [5, 5.41) is 10.4. The average Bonchev–Trinajstić information content (AvgIpc) is 2.80. The van der Waals surface area contributed by atoms with Gasteiger partial charge in [0.25, 0.3) is 0 Å². The molecular weight excluding hydrogens is 252 g/mol. The largest absolute Gasteiger partial charge is 0.481 e. The molecule has 3 rings (SSSR count). The number of aliphatic carboxylic acids is 1. The van der Waals surface area contributed by atoms with Crippen LogP contribution >= 0.6 is 0 Å². The normalized spacial score (nSPS) is 22.4. The molecule has 0 radical (unpaired) electrons. The van der Waals surface area contributed by atoms with Gasteiger partial charge in [0.15, 0.2) is 0 Å². The summed E-state index contributed by atoms with van der Waals surface area (Å²) in [6.45, 7) is 4.77. The van der Waals surface area contributed by atoms with Crippen LogP contribution in [0, 0.1) is 12.8 Å². The summed E-state index contributed by atoms with van der Waals surface area (Å²) >= 11 is 0. The van der Waals surface area contributed by atoms with E-state index in [0.29, 0.717) is 6.42 Å². The lowest BCUT2D eigenvalue weighted by Crippen LogP contribution is -2.33. The highest BCUT2D eigenvalue weighted by atomic mass is 16.4. The van der Waals surface area contributed by atoms with Crippen LogP contribution in [0.3, 0.4) is 0 Å². The highest BCUT2D eigenvalue weighted by molar-refractivity contribution is 5.82. The van der Waals surface area contributed by atoms with Gasteiger partial charge in [0.1, 0.15) is 5.82 Å². The molecule has 1 fully saturated rings. The lowest BCUT2D eigenvalue weighted by atomic mass is 10.0. The van der Waals surface area contributed by atoms with Crippen molar-refractivity contribution in [3.05, 3.63) is 35.9 Å². The van der Waals surface area contributed by atoms with Crippen molar-refractivity contribution in [3.63, 3.8) is 0 Å². The lowest BCUT2D eigenvalue weighted by Gasteiger charge is -2.26. The zero-order valence-electron chi connectivity index (χ0n) is 11.7. The van der Waals surface area contributed by atoms with E-state index in [1.54, 1.807) is 0 Å². The molecule has 2 atom stereocenters. The Labute approximate surface area is 118 Å². The summed E-state index contributed by atoms with van der Waals surface area (Å²) in [6.07, 6.45) is 0.685. The summed E-state index contributed by atoms with van der Waals surface area (Å²) in [4.78, 5) is 18.1. The molecule has 104 valence electrons. The number of fused-ring (bicyclic) bond motifs is 1. The van der Waals surface area contributed by atoms with Gasteiger partial charge in [-0.3, -0.25) is 4.79 Å². The molecule has 4 heteroatoms. The predicted molar refractivity (Wildman–Crippen MR) is 79.0 cm³/mol. The van der Waals surface area contributed by atoms with Gasteiger partial charge in [0.05, 0.1) is 11.4 Å². The number of anilines is 1. The van der Waals surface area contributed by atoms with Crippen molar-refractivity contribution in [2.24, 2.45) is 5.92 Å². The van der Waals surface area contributed by atoms with Crippen molar-refractivity contribution < 1.29 is 9.90 Å². The van der Waals surface area contributed by atoms with Crippen molar-refractivity contribution in [2.75, 3.05) is 11.4 Å². The molecular formula is C16H18N2O2. The number of benzene rings is 1. The maximum atomic E-state index is 11.2. The van der Waals surface area contributed by atoms with E-state index in [9.17, 15) is 9.90 Å². The van der Waals surface area contributed by atoms with Gasteiger partial charge in [0.2, 0.25) is 0 Å². The molecule has 0 amide bonds. The van der Waals surface area contributed by atoms with E-state index in [-0.39, 0.29) is 12.0 Å². The van der Waals surface area contributed by atoms with Gasteiger partial charge in [-0.2, -0.15) is 0 Å². The average molecular weight is 270 g/mol. The second-order valence-corrected chi connectivity index (χ2v) is 5.49. The van der Waals surface area contributed by atoms with Crippen molar-refractivity contribution >= 4 is 22.7 Å². The topological polar surface area (TPSA) is 53.4 Å². The second kappa shape index (κ2) is 4.78. The van der Waals surface area contributed by atoms with Gasteiger partial charge in [-0.05, 0) is 38.0 Å². The van der Waals surface area contributed by atoms with E-state index in [2.05, 4.69) is 11.0 Å². The monoisotopic (exact) mass is 270 g/mol. The number of aryl methyl sites for hydroxylation is 1. The molecule has 0 spiro atoms. The molecule has 1 aromatic carbocycles. The van der Waals surface area contributed by atoms with Crippen LogP contribution in [-0.4, -0.2) is 28.6 Å². The predicted octanol–water partition coefficient (Wildman–Crippen LogP) is 2.84. The first kappa shape index (κ1) is 12.9. The van der Waals surface area contributed by atoms with Crippen LogP contribution in [0.1, 0.15) is 18.9 Å². The van der Waals surface area contributed by atoms with Crippen molar-refractivity contribution in [3.8, 4) is 0 Å². The van der Waals surface area contributed by atoms with Crippen LogP contribution < -0.4 is 4.90 Å². The molecule has 1 aliphatic rings. The van der Waals surface area contributed by atoms with Gasteiger partial charge >= 0.3 is 5.97 Å². The van der Waals surface area contributed by atoms with Crippen LogP contribution in [-0.2, 0) is 4.79 Å². The van der Waals surface area contributed by atoms with Crippen LogP contribution in [0.25, 0.3) is 10.9 Å². The number of nitrogens with zero attached hydrogens (tertiary/aromatic N) is 2. The Bertz CT molecular complexity index is 669. The number of carbonyl (C=O) groups is 1. The highest BCUT2D eigenvalue weighted by Gasteiger charge is 2.36. The first-order valence-corrected chi connectivity index (χ1v) is 6.94. The molecule has 0 bridgehead atoms. The Balaban J connectivity index is 2.02. The van der Waals surface area contributed by atoms with Crippen LogP contribution in [0.2, 0.25) is 0 Å². The molecule has 4 nitrogen and oxygen atoms in total. The maximum Gasteiger partial charge on any atom is 0.308 e. The zero-order chi connectivity index (χ0) is 14.3. The minimum absolute atomic E-state index is 0.0140. The minimum Gasteiger partial charge on any atom is -0.481 e. The minimum atomic E-state index is -0.710. The third-order valence-corrected chi connectivity index (χ3v) is 4.23. The number of rotatable bonds is 2. The smallest absolute Gasteiger partial charge is 0.308 e. The number of aromatic nitrogens is 1. The standard InChI is InChI=1S/C16H18N2O2/c1-10-9-12-5-3-4-6-14(12)17-15(10)18-8-7-13(11(18)2)16(19)20/h3-6,9,11,13H,7-8H2,1-2H3,(H,19,20). The van der Waals surface area contributed by atoms with Crippen molar-refractivity contribution in [1.82, 2.24) is 4.98 Å². The molecule has 0 saturated carbocycles. The summed E-state index contributed by atoms with van der Waals surface area (Å²) in [5.74, 6) is -0.0962. The maximum absolute atomic E-state index is 11.2. The molecule has 1 aliphatic heterocycles. The SMILES string of the molecule is Cc1cc2ccccc2nc1N1CCC(C(=O)O)C1C. The number of hydrogen-bond acceptors (Lipinski definition) is 3. The van der Waals surface area contributed by atoms with Gasteiger partial charge in [-0.25, -0.2) is 4.98 Å². The molecule has 1 aromatic heterocycles. The highest BCUT2D eigenvalue weighted by Crippen LogP contribution is 2.32. The van der Waals surface area contributed by atoms with Gasteiger partial charge in [-0.15, -0.1) is 0 Å². The van der Waals surface area contributed by atoms with E-state index in [4.69, 9.17) is 4.98 Å². The van der Waals surface area contributed by atoms with Crippen LogP contribution in [0.15, 0.2) is 30.3 Å². The van der Waals surface area contributed by atoms with Gasteiger partial charge in [-0.1, -0.05) is 18.2 Å². The molecule has 0 aliphatic carbocycles. The van der Waals surface area contributed by atoms with E-state index in [0.717, 1.165) is 28.8 Å².